The molecule has 40 heavy (non-hydrogen) atoms. The smallest absolute Gasteiger partial charge is 0.326 e. The summed E-state index contributed by atoms with van der Waals surface area (Å²) in [7, 11) is 0. The molecule has 0 aromatic heterocycles. The van der Waals surface area contributed by atoms with Gasteiger partial charge in [-0.1, -0.05) is 30.3 Å². The summed E-state index contributed by atoms with van der Waals surface area (Å²) in [4.78, 5) is 66.0. The van der Waals surface area contributed by atoms with Crippen LogP contribution >= 0.6 is 0 Å². The third-order valence-electron chi connectivity index (χ3n) is 5.82. The van der Waals surface area contributed by atoms with Crippen molar-refractivity contribution in [1.82, 2.24) is 16.0 Å². The van der Waals surface area contributed by atoms with Gasteiger partial charge in [0.1, 0.15) is 18.1 Å². The number of nitrogens with one attached hydrogen (secondary N) is 3. The maximum absolute atomic E-state index is 13.1. The number of aliphatic carboxylic acids is 1. The topological polar surface area (TPSA) is 284 Å². The molecule has 1 rings (SSSR count). The quantitative estimate of drug-likeness (QED) is 0.0471. The van der Waals surface area contributed by atoms with Crippen molar-refractivity contribution in [1.29, 1.82) is 0 Å². The van der Waals surface area contributed by atoms with Crippen molar-refractivity contribution in [3.63, 3.8) is 0 Å². The van der Waals surface area contributed by atoms with Crippen molar-refractivity contribution >= 4 is 35.6 Å². The van der Waals surface area contributed by atoms with Crippen LogP contribution in [0.5, 0.6) is 0 Å². The fourth-order valence-electron chi connectivity index (χ4n) is 3.70. The number of carbonyl (C=O) groups is 5. The highest BCUT2D eigenvalue weighted by Gasteiger charge is 2.31. The van der Waals surface area contributed by atoms with Gasteiger partial charge < -0.3 is 49.7 Å². The molecule has 0 spiro atoms. The predicted octanol–water partition coefficient (Wildman–Crippen LogP) is -2.85. The van der Waals surface area contributed by atoms with E-state index >= 15 is 0 Å². The molecule has 0 radical (unpaired) electrons. The first-order chi connectivity index (χ1) is 18.9. The number of nitrogens with two attached hydrogens (primary N) is 5. The maximum Gasteiger partial charge on any atom is 0.326 e. The van der Waals surface area contributed by atoms with Crippen molar-refractivity contribution in [2.45, 2.75) is 69.1 Å². The molecule has 4 unspecified atom stereocenters. The fourth-order valence-corrected chi connectivity index (χ4v) is 3.70. The lowest BCUT2D eigenvalue weighted by molar-refractivity contribution is -0.142. The van der Waals surface area contributed by atoms with Gasteiger partial charge in [-0.05, 0) is 44.2 Å². The summed E-state index contributed by atoms with van der Waals surface area (Å²) in [5.41, 5.74) is 27.9. The van der Waals surface area contributed by atoms with Gasteiger partial charge in [-0.25, -0.2) is 4.79 Å². The Labute approximate surface area is 232 Å². The highest BCUT2D eigenvalue weighted by Crippen LogP contribution is 2.07. The van der Waals surface area contributed by atoms with Crippen LogP contribution in [0.4, 0.5) is 0 Å². The van der Waals surface area contributed by atoms with Crippen LogP contribution in [0.2, 0.25) is 0 Å². The molecule has 4 amide bonds. The van der Waals surface area contributed by atoms with Crippen LogP contribution in [0.15, 0.2) is 35.3 Å². The molecule has 15 heteroatoms. The Hall–Kier alpha value is -4.24. The molecule has 1 aromatic carbocycles. The molecule has 1 aromatic rings. The number of hydrogen-bond acceptors (Lipinski definition) is 8. The second-order valence-electron chi connectivity index (χ2n) is 9.22. The Balaban J connectivity index is 2.96. The predicted molar refractivity (Wildman–Crippen MR) is 148 cm³/mol. The zero-order valence-corrected chi connectivity index (χ0v) is 22.4. The van der Waals surface area contributed by atoms with E-state index in [2.05, 4.69) is 20.9 Å². The summed E-state index contributed by atoms with van der Waals surface area (Å²) in [6, 6.07) is 3.84. The van der Waals surface area contributed by atoms with Gasteiger partial charge in [0.25, 0.3) is 0 Å². The number of hydrogen-bond donors (Lipinski definition) is 9. The third-order valence-corrected chi connectivity index (χ3v) is 5.82. The van der Waals surface area contributed by atoms with E-state index in [4.69, 9.17) is 28.7 Å². The molecule has 0 fully saturated rings. The summed E-state index contributed by atoms with van der Waals surface area (Å²) in [6.45, 7) is 0.588. The van der Waals surface area contributed by atoms with Gasteiger partial charge in [0.05, 0.1) is 12.5 Å². The first-order valence-electron chi connectivity index (χ1n) is 12.9. The number of guanidine groups is 1. The van der Waals surface area contributed by atoms with E-state index in [-0.39, 0.29) is 31.8 Å². The van der Waals surface area contributed by atoms with Crippen molar-refractivity contribution < 1.29 is 29.1 Å². The Kier molecular flexibility index (Phi) is 15.3. The van der Waals surface area contributed by atoms with Gasteiger partial charge in [0.15, 0.2) is 5.96 Å². The number of unbranched alkanes of at least 4 members (excludes halogenated alkanes) is 1. The normalized spacial score (nSPS) is 13.7. The number of benzene rings is 1. The van der Waals surface area contributed by atoms with Crippen LogP contribution in [0.1, 0.15) is 44.1 Å². The summed E-state index contributed by atoms with van der Waals surface area (Å²) in [5, 5.41) is 17.0. The molecule has 0 bridgehead atoms. The molecular formula is C25H41N9O6. The van der Waals surface area contributed by atoms with E-state index in [1.807, 2.05) is 0 Å². The second kappa shape index (κ2) is 18.1. The van der Waals surface area contributed by atoms with Gasteiger partial charge in [0, 0.05) is 13.0 Å². The van der Waals surface area contributed by atoms with E-state index < -0.39 is 60.2 Å². The lowest BCUT2D eigenvalue weighted by atomic mass is 10.0. The highest BCUT2D eigenvalue weighted by molar-refractivity contribution is 5.96. The number of carbonyl (C=O) groups excluding carboxylic acids is 4. The van der Waals surface area contributed by atoms with Crippen molar-refractivity contribution in [2.75, 3.05) is 13.1 Å². The fraction of sp³-hybridized carbons (Fsp3) is 0.520. The monoisotopic (exact) mass is 563 g/mol. The van der Waals surface area contributed by atoms with Crippen molar-refractivity contribution in [2.24, 2.45) is 33.7 Å². The van der Waals surface area contributed by atoms with E-state index in [0.29, 0.717) is 31.4 Å². The number of carboxylic acid groups (broad SMARTS) is 1. The van der Waals surface area contributed by atoms with Gasteiger partial charge in [-0.2, -0.15) is 0 Å². The highest BCUT2D eigenvalue weighted by atomic mass is 16.4. The molecule has 4 atom stereocenters. The molecule has 0 aliphatic rings. The molecule has 0 saturated heterocycles. The third kappa shape index (κ3) is 13.5. The number of aliphatic imine (C=N–C) groups is 1. The van der Waals surface area contributed by atoms with Gasteiger partial charge >= 0.3 is 5.97 Å². The van der Waals surface area contributed by atoms with Gasteiger partial charge in [-0.3, -0.25) is 24.2 Å². The number of carboxylic acids is 1. The first-order valence-corrected chi connectivity index (χ1v) is 12.9. The lowest BCUT2D eigenvalue weighted by Crippen LogP contribution is -2.57. The molecular weight excluding hydrogens is 522 g/mol. The van der Waals surface area contributed by atoms with E-state index in [0.717, 1.165) is 0 Å². The second-order valence-corrected chi connectivity index (χ2v) is 9.22. The minimum absolute atomic E-state index is 0.0206. The Morgan fingerprint density at radius 1 is 0.800 bits per heavy atom. The van der Waals surface area contributed by atoms with Gasteiger partial charge in [0.2, 0.25) is 23.6 Å². The zero-order valence-electron chi connectivity index (χ0n) is 22.4. The average Bonchev–Trinajstić information content (AvgIpc) is 2.89. The first kappa shape index (κ1) is 33.8. The Morgan fingerprint density at radius 3 is 1.98 bits per heavy atom. The SMILES string of the molecule is NCCCCC(NC(=O)C(CC(N)=O)NC(=O)C(N)CCCN=C(N)N)C(=O)NC(Cc1ccccc1)C(=O)O. The number of rotatable bonds is 19. The van der Waals surface area contributed by atoms with Crippen molar-refractivity contribution in [3.05, 3.63) is 35.9 Å². The van der Waals surface area contributed by atoms with Crippen LogP contribution in [0.3, 0.4) is 0 Å². The van der Waals surface area contributed by atoms with Crippen molar-refractivity contribution in [3.8, 4) is 0 Å². The standard InChI is InChI=1S/C25H41N9O6/c26-11-5-4-10-17(22(37)34-19(24(39)40)13-15-7-2-1-3-8-15)32-23(38)18(14-20(28)35)33-21(36)16(27)9-6-12-31-25(29)30/h1-3,7-8,16-19H,4-6,9-14,26-27H2,(H2,28,35)(H,32,38)(H,33,36)(H,34,37)(H,39,40)(H4,29,30,31). The largest absolute Gasteiger partial charge is 0.480 e. The number of primary amides is 1. The van der Waals surface area contributed by atoms with Crippen LogP contribution in [0, 0.1) is 0 Å². The molecule has 15 nitrogen and oxygen atoms in total. The number of nitrogens with zero attached hydrogens (tertiary/aromatic N) is 1. The van der Waals surface area contributed by atoms with E-state index in [1.54, 1.807) is 30.3 Å². The molecule has 0 aliphatic carbocycles. The van der Waals surface area contributed by atoms with E-state index in [9.17, 15) is 29.1 Å². The van der Waals surface area contributed by atoms with E-state index in [1.165, 1.54) is 0 Å². The summed E-state index contributed by atoms with van der Waals surface area (Å²) < 4.78 is 0. The summed E-state index contributed by atoms with van der Waals surface area (Å²) >= 11 is 0. The molecule has 0 aliphatic heterocycles. The lowest BCUT2D eigenvalue weighted by Gasteiger charge is -2.25. The molecule has 0 heterocycles. The number of amides is 4. The Bertz CT molecular complexity index is 1020. The van der Waals surface area contributed by atoms with Crippen LogP contribution in [-0.4, -0.2) is 77.9 Å². The van der Waals surface area contributed by atoms with Crippen LogP contribution in [-0.2, 0) is 30.4 Å². The average molecular weight is 564 g/mol. The Morgan fingerprint density at radius 2 is 1.40 bits per heavy atom. The van der Waals surface area contributed by atoms with Crippen LogP contribution < -0.4 is 44.6 Å². The molecule has 14 N–H and O–H groups in total. The zero-order chi connectivity index (χ0) is 30.1. The minimum Gasteiger partial charge on any atom is -0.480 e. The minimum atomic E-state index is -1.42. The molecule has 222 valence electrons. The van der Waals surface area contributed by atoms with Gasteiger partial charge in [-0.15, -0.1) is 0 Å². The van der Waals surface area contributed by atoms with Crippen LogP contribution in [0.25, 0.3) is 0 Å². The summed E-state index contributed by atoms with van der Waals surface area (Å²) in [6.07, 6.45) is 1.16. The maximum atomic E-state index is 13.1. The summed E-state index contributed by atoms with van der Waals surface area (Å²) in [5.74, 6) is -4.55. The molecule has 0 saturated carbocycles.